The molecule has 110 valence electrons. The summed E-state index contributed by atoms with van der Waals surface area (Å²) in [6, 6.07) is 0. The maximum absolute atomic E-state index is 11.5. The minimum Gasteiger partial charge on any atom is -0.479 e. The highest BCUT2D eigenvalue weighted by atomic mass is 32.2. The zero-order chi connectivity index (χ0) is 14.5. The van der Waals surface area contributed by atoms with Crippen LogP contribution in [-0.2, 0) is 29.1 Å². The second-order valence-electron chi connectivity index (χ2n) is 4.16. The molecule has 1 fully saturated rings. The molecule has 0 saturated carbocycles. The van der Waals surface area contributed by atoms with Gasteiger partial charge in [-0.3, -0.25) is 4.79 Å². The molecule has 19 heavy (non-hydrogen) atoms. The van der Waals surface area contributed by atoms with Crippen molar-refractivity contribution in [2.75, 3.05) is 19.4 Å². The van der Waals surface area contributed by atoms with Crippen molar-refractivity contribution in [3.05, 3.63) is 0 Å². The van der Waals surface area contributed by atoms with Crippen LogP contribution in [0.4, 0.5) is 0 Å². The van der Waals surface area contributed by atoms with E-state index < -0.39 is 34.2 Å². The van der Waals surface area contributed by atoms with Gasteiger partial charge in [0.05, 0.1) is 25.4 Å². The van der Waals surface area contributed by atoms with Crippen LogP contribution < -0.4 is 4.72 Å². The predicted octanol–water partition coefficient (Wildman–Crippen LogP) is -0.899. The average Bonchev–Trinajstić information content (AvgIpc) is 2.83. The molecule has 0 aromatic rings. The van der Waals surface area contributed by atoms with E-state index in [1.165, 1.54) is 7.11 Å². The molecule has 8 nitrogen and oxygen atoms in total. The second kappa shape index (κ2) is 6.83. The molecule has 0 spiro atoms. The van der Waals surface area contributed by atoms with Gasteiger partial charge in [-0.1, -0.05) is 0 Å². The van der Waals surface area contributed by atoms with Gasteiger partial charge in [0, 0.05) is 6.54 Å². The first-order chi connectivity index (χ1) is 8.84. The first-order valence-electron chi connectivity index (χ1n) is 5.76. The number of ether oxygens (including phenoxy) is 2. The standard InChI is InChI=1S/C10H17NO7S/c1-17-9(12)4-5-19(15,16)11-6-7-2-3-8(18-7)10(13)14/h7-8,11H,2-6H2,1H3,(H,13,14). The first kappa shape index (κ1) is 15.9. The third-order valence-electron chi connectivity index (χ3n) is 2.72. The lowest BCUT2D eigenvalue weighted by Crippen LogP contribution is -2.35. The molecule has 1 heterocycles. The van der Waals surface area contributed by atoms with Crippen LogP contribution in [0.25, 0.3) is 0 Å². The fourth-order valence-electron chi connectivity index (χ4n) is 1.65. The summed E-state index contributed by atoms with van der Waals surface area (Å²) in [6.07, 6.45) is -0.700. The number of carbonyl (C=O) groups is 2. The van der Waals surface area contributed by atoms with Crippen molar-refractivity contribution in [2.45, 2.75) is 31.5 Å². The summed E-state index contributed by atoms with van der Waals surface area (Å²) in [5.74, 6) is -2.01. The summed E-state index contributed by atoms with van der Waals surface area (Å²) in [7, 11) is -2.41. The Kier molecular flexibility index (Phi) is 5.70. The summed E-state index contributed by atoms with van der Waals surface area (Å²) >= 11 is 0. The number of hydrogen-bond donors (Lipinski definition) is 2. The van der Waals surface area contributed by atoms with E-state index in [1.807, 2.05) is 0 Å². The fourth-order valence-corrected chi connectivity index (χ4v) is 2.67. The number of sulfonamides is 1. The van der Waals surface area contributed by atoms with Gasteiger partial charge in [-0.15, -0.1) is 0 Å². The molecule has 9 heteroatoms. The predicted molar refractivity (Wildman–Crippen MR) is 64.0 cm³/mol. The maximum atomic E-state index is 11.5. The van der Waals surface area contributed by atoms with E-state index in [2.05, 4.69) is 9.46 Å². The van der Waals surface area contributed by atoms with E-state index in [1.54, 1.807) is 0 Å². The van der Waals surface area contributed by atoms with Crippen molar-refractivity contribution < 1.29 is 32.6 Å². The minimum atomic E-state index is -3.59. The zero-order valence-corrected chi connectivity index (χ0v) is 11.3. The van der Waals surface area contributed by atoms with Crippen molar-refractivity contribution in [1.29, 1.82) is 0 Å². The number of hydrogen-bond acceptors (Lipinski definition) is 6. The van der Waals surface area contributed by atoms with E-state index in [0.717, 1.165) is 0 Å². The van der Waals surface area contributed by atoms with Gasteiger partial charge in [-0.25, -0.2) is 17.9 Å². The average molecular weight is 295 g/mol. The van der Waals surface area contributed by atoms with Crippen molar-refractivity contribution in [3.8, 4) is 0 Å². The molecule has 0 aromatic carbocycles. The summed E-state index contributed by atoms with van der Waals surface area (Å²) < 4.78 is 34.8. The normalized spacial score (nSPS) is 23.2. The number of aliphatic carboxylic acids is 1. The van der Waals surface area contributed by atoms with Gasteiger partial charge >= 0.3 is 11.9 Å². The third-order valence-corrected chi connectivity index (χ3v) is 4.06. The Labute approximate surface area is 111 Å². The molecule has 0 aromatic heterocycles. The number of esters is 1. The van der Waals surface area contributed by atoms with Gasteiger partial charge in [0.1, 0.15) is 0 Å². The molecule has 0 radical (unpaired) electrons. The van der Waals surface area contributed by atoms with Gasteiger partial charge in [0.25, 0.3) is 0 Å². The summed E-state index contributed by atoms with van der Waals surface area (Å²) in [5.41, 5.74) is 0. The van der Waals surface area contributed by atoms with Crippen molar-refractivity contribution in [3.63, 3.8) is 0 Å². The van der Waals surface area contributed by atoms with Gasteiger partial charge < -0.3 is 14.6 Å². The molecule has 2 N–H and O–H groups in total. The molecule has 1 rings (SSSR count). The second-order valence-corrected chi connectivity index (χ2v) is 6.08. The Morgan fingerprint density at radius 3 is 2.63 bits per heavy atom. The minimum absolute atomic E-state index is 0.00723. The summed E-state index contributed by atoms with van der Waals surface area (Å²) in [5, 5.41) is 8.72. The Hall–Kier alpha value is -1.19. The van der Waals surface area contributed by atoms with Crippen molar-refractivity contribution >= 4 is 22.0 Å². The highest BCUT2D eigenvalue weighted by Crippen LogP contribution is 2.19. The maximum Gasteiger partial charge on any atom is 0.332 e. The smallest absolute Gasteiger partial charge is 0.332 e. The van der Waals surface area contributed by atoms with Gasteiger partial charge in [-0.05, 0) is 12.8 Å². The monoisotopic (exact) mass is 295 g/mol. The molecule has 1 aliphatic rings. The van der Waals surface area contributed by atoms with Crippen molar-refractivity contribution in [2.24, 2.45) is 0 Å². The van der Waals surface area contributed by atoms with E-state index in [9.17, 15) is 18.0 Å². The molecule has 1 saturated heterocycles. The molecule has 0 bridgehead atoms. The third kappa shape index (κ3) is 5.53. The van der Waals surface area contributed by atoms with Gasteiger partial charge in [0.2, 0.25) is 10.0 Å². The lowest BCUT2D eigenvalue weighted by molar-refractivity contribution is -0.149. The number of rotatable bonds is 7. The SMILES string of the molecule is COC(=O)CCS(=O)(=O)NCC1CCC(C(=O)O)O1. The van der Waals surface area contributed by atoms with E-state index in [4.69, 9.17) is 9.84 Å². The lowest BCUT2D eigenvalue weighted by Gasteiger charge is -2.12. The van der Waals surface area contributed by atoms with Gasteiger partial charge in [0.15, 0.2) is 6.10 Å². The molecule has 2 unspecified atom stereocenters. The highest BCUT2D eigenvalue weighted by Gasteiger charge is 2.31. The molecule has 0 amide bonds. The van der Waals surface area contributed by atoms with Crippen LogP contribution in [0.2, 0.25) is 0 Å². The van der Waals surface area contributed by atoms with Crippen LogP contribution in [0, 0.1) is 0 Å². The van der Waals surface area contributed by atoms with E-state index >= 15 is 0 Å². The fraction of sp³-hybridized carbons (Fsp3) is 0.800. The number of carboxylic acids is 1. The number of carbonyl (C=O) groups excluding carboxylic acids is 1. The van der Waals surface area contributed by atoms with Crippen LogP contribution in [0.5, 0.6) is 0 Å². The molecular formula is C10H17NO7S. The summed E-state index contributed by atoms with van der Waals surface area (Å²) in [6.45, 7) is 0.00723. The number of nitrogens with one attached hydrogen (secondary N) is 1. The molecule has 2 atom stereocenters. The quantitative estimate of drug-likeness (QED) is 0.584. The van der Waals surface area contributed by atoms with Gasteiger partial charge in [-0.2, -0.15) is 0 Å². The van der Waals surface area contributed by atoms with Crippen LogP contribution in [0.15, 0.2) is 0 Å². The Bertz CT molecular complexity index is 433. The van der Waals surface area contributed by atoms with Crippen molar-refractivity contribution in [1.82, 2.24) is 4.72 Å². The summed E-state index contributed by atoms with van der Waals surface area (Å²) in [4.78, 5) is 21.5. The highest BCUT2D eigenvalue weighted by molar-refractivity contribution is 7.89. The van der Waals surface area contributed by atoms with Crippen LogP contribution in [-0.4, -0.2) is 57.1 Å². The van der Waals surface area contributed by atoms with Crippen LogP contribution >= 0.6 is 0 Å². The van der Waals surface area contributed by atoms with Crippen LogP contribution in [0.1, 0.15) is 19.3 Å². The van der Waals surface area contributed by atoms with E-state index in [-0.39, 0.29) is 18.7 Å². The van der Waals surface area contributed by atoms with E-state index in [0.29, 0.717) is 12.8 Å². The molecular weight excluding hydrogens is 278 g/mol. The number of carboxylic acid groups (broad SMARTS) is 1. The first-order valence-corrected chi connectivity index (χ1v) is 7.41. The Morgan fingerprint density at radius 1 is 1.42 bits per heavy atom. The van der Waals surface area contributed by atoms with Crippen LogP contribution in [0.3, 0.4) is 0 Å². The zero-order valence-electron chi connectivity index (χ0n) is 10.5. The lowest BCUT2D eigenvalue weighted by atomic mass is 10.2. The topological polar surface area (TPSA) is 119 Å². The Balaban J connectivity index is 2.32. The number of methoxy groups -OCH3 is 1. The molecule has 1 aliphatic heterocycles. The molecule has 0 aliphatic carbocycles. The largest absolute Gasteiger partial charge is 0.479 e. The Morgan fingerprint density at radius 2 is 2.11 bits per heavy atom.